The van der Waals surface area contributed by atoms with Gasteiger partial charge in [0, 0.05) is 41.8 Å². The second kappa shape index (κ2) is 25.8. The van der Waals surface area contributed by atoms with Crippen LogP contribution in [0.1, 0.15) is 19.4 Å². The normalized spacial score (nSPS) is 12.2. The van der Waals surface area contributed by atoms with Gasteiger partial charge in [0.05, 0.1) is 62.3 Å². The lowest BCUT2D eigenvalue weighted by Crippen LogP contribution is -2.21. The minimum Gasteiger partial charge on any atom is -0.505 e. The van der Waals surface area contributed by atoms with Gasteiger partial charge in [-0.1, -0.05) is 27.8 Å². The van der Waals surface area contributed by atoms with Crippen LogP contribution in [0.5, 0.6) is 5.75 Å². The van der Waals surface area contributed by atoms with Crippen molar-refractivity contribution in [3.63, 3.8) is 0 Å². The van der Waals surface area contributed by atoms with Gasteiger partial charge < -0.3 is 21.5 Å². The number of nitrogens with zero attached hydrogens (tertiary/aromatic N) is 7. The fourth-order valence-corrected chi connectivity index (χ4v) is 9.95. The van der Waals surface area contributed by atoms with Crippen molar-refractivity contribution in [2.24, 2.45) is 30.7 Å². The summed E-state index contributed by atoms with van der Waals surface area (Å²) in [5.41, 5.74) is 15.9. The molecule has 0 aromatic heterocycles. The van der Waals surface area contributed by atoms with Crippen LogP contribution in [0.15, 0.2) is 153 Å². The number of hydrogen-bond donors (Lipinski definition) is 7. The van der Waals surface area contributed by atoms with E-state index in [1.807, 2.05) is 25.1 Å². The predicted octanol–water partition coefficient (Wildman–Crippen LogP) is 10.3. The van der Waals surface area contributed by atoms with Crippen LogP contribution >= 0.6 is 24.4 Å². The van der Waals surface area contributed by atoms with Crippen LogP contribution in [0, 0.1) is 6.92 Å². The molecule has 0 radical (unpaired) electrons. The van der Waals surface area contributed by atoms with Crippen molar-refractivity contribution in [2.45, 2.75) is 40.4 Å². The number of phenolic OH excluding ortho intramolecular Hbond substituents is 1. The van der Waals surface area contributed by atoms with E-state index in [-0.39, 0.29) is 61.5 Å². The summed E-state index contributed by atoms with van der Waals surface area (Å²) in [6.45, 7) is 7.62. The Morgan fingerprint density at radius 2 is 1.32 bits per heavy atom. The van der Waals surface area contributed by atoms with Crippen molar-refractivity contribution < 1.29 is 68.4 Å². The molecule has 6 aromatic rings. The molecule has 0 unspecified atom stereocenters. The van der Waals surface area contributed by atoms with Gasteiger partial charge in [-0.15, -0.1) is 18.9 Å². The molecule has 72 heavy (non-hydrogen) atoms. The maximum atomic E-state index is 12.5. The highest BCUT2D eigenvalue weighted by Gasteiger charge is 2.26. The molecule has 0 fully saturated rings. The third-order valence-electron chi connectivity index (χ3n) is 9.82. The third kappa shape index (κ3) is 15.1. The summed E-state index contributed by atoms with van der Waals surface area (Å²) >= 11 is 0.623. The molecular weight excluding hydrogens is 1040 g/mol. The van der Waals surface area contributed by atoms with Gasteiger partial charge in [0.25, 0.3) is 20.1 Å². The van der Waals surface area contributed by atoms with Crippen molar-refractivity contribution in [3.05, 3.63) is 109 Å². The molecule has 0 aliphatic carbocycles. The maximum Gasteiger partial charge on any atom is 0.296 e. The summed E-state index contributed by atoms with van der Waals surface area (Å²) in [5.74, 6) is -1.18. The highest BCUT2D eigenvalue weighted by molar-refractivity contribution is 7.95. The van der Waals surface area contributed by atoms with Gasteiger partial charge in [0.1, 0.15) is 22.0 Å². The van der Waals surface area contributed by atoms with Gasteiger partial charge in [-0.05, 0) is 112 Å². The van der Waals surface area contributed by atoms with Crippen LogP contribution in [0.2, 0.25) is 0 Å². The molecule has 0 spiro atoms. The zero-order chi connectivity index (χ0) is 52.6. The predicted molar refractivity (Wildman–Crippen MR) is 269 cm³/mol. The van der Waals surface area contributed by atoms with Gasteiger partial charge in [0.2, 0.25) is 0 Å². The SMILES string of the molecule is CCN(CC)c1ccc(N=Nc2ccc(NS(=O)(=O)c3ccc(C)cc3)cc2)c(N)c1.CN=Nc1c(S(=O)(=O)O)cc2c(SOOO)cc(N=Nc3ccc(S(=O)(=O)CCOSOOO)cc3)c(N)c2c1O. The molecule has 0 atom stereocenters. The first-order chi connectivity index (χ1) is 34.3. The minimum absolute atomic E-state index is 0.00941. The monoisotopic (exact) mass is 1090 g/mol. The van der Waals surface area contributed by atoms with E-state index in [4.69, 9.17) is 26.2 Å². The second-order valence-electron chi connectivity index (χ2n) is 14.4. The summed E-state index contributed by atoms with van der Waals surface area (Å²) in [6.07, 6.45) is 0. The first-order valence-corrected chi connectivity index (χ1v) is 26.6. The molecule has 9 N–H and O–H groups in total. The summed E-state index contributed by atoms with van der Waals surface area (Å²) in [4.78, 5) is 1.59. The Morgan fingerprint density at radius 3 is 1.89 bits per heavy atom. The second-order valence-corrected chi connectivity index (χ2v) is 20.9. The zero-order valence-corrected chi connectivity index (χ0v) is 42.3. The average molecular weight is 1090 g/mol. The molecular formula is C42H46N10O15S5. The van der Waals surface area contributed by atoms with E-state index in [9.17, 15) is 34.9 Å². The topological polar surface area (TPSA) is 371 Å². The van der Waals surface area contributed by atoms with Crippen molar-refractivity contribution >= 4 is 116 Å². The number of aryl methyl sites for hydroxylation is 1. The molecule has 0 aliphatic rings. The number of sulfone groups is 1. The van der Waals surface area contributed by atoms with E-state index in [0.717, 1.165) is 30.4 Å². The summed E-state index contributed by atoms with van der Waals surface area (Å²) in [7, 11) is -11.1. The minimum atomic E-state index is -4.90. The van der Waals surface area contributed by atoms with Gasteiger partial charge >= 0.3 is 0 Å². The fourth-order valence-electron chi connectivity index (χ4n) is 6.32. The number of sulfonamides is 1. The highest BCUT2D eigenvalue weighted by atomic mass is 32.2. The fraction of sp³-hybridized carbons (Fsp3) is 0.190. The molecule has 0 amide bonds. The molecule has 0 aliphatic heterocycles. The summed E-state index contributed by atoms with van der Waals surface area (Å²) in [5, 5.41) is 57.7. The van der Waals surface area contributed by atoms with E-state index in [2.05, 4.69) is 72.9 Å². The number of azo groups is 3. The van der Waals surface area contributed by atoms with Crippen LogP contribution in [0.4, 0.5) is 51.2 Å². The quantitative estimate of drug-likeness (QED) is 0.00631. The molecule has 0 heterocycles. The van der Waals surface area contributed by atoms with E-state index >= 15 is 0 Å². The first-order valence-electron chi connectivity index (χ1n) is 20.6. The van der Waals surface area contributed by atoms with Gasteiger partial charge in [-0.3, -0.25) is 13.5 Å². The van der Waals surface area contributed by atoms with Gasteiger partial charge in [0.15, 0.2) is 27.9 Å². The molecule has 0 bridgehead atoms. The van der Waals surface area contributed by atoms with Crippen LogP contribution < -0.4 is 21.1 Å². The van der Waals surface area contributed by atoms with Crippen molar-refractivity contribution in [2.75, 3.05) is 53.6 Å². The highest BCUT2D eigenvalue weighted by Crippen LogP contribution is 2.49. The molecule has 30 heteroatoms. The van der Waals surface area contributed by atoms with Crippen molar-refractivity contribution in [1.29, 1.82) is 0 Å². The van der Waals surface area contributed by atoms with Crippen LogP contribution in [-0.2, 0) is 52.9 Å². The van der Waals surface area contributed by atoms with Crippen LogP contribution in [0.25, 0.3) is 10.8 Å². The molecule has 6 rings (SSSR count). The number of nitrogens with one attached hydrogen (secondary N) is 1. The molecule has 6 aromatic carbocycles. The van der Waals surface area contributed by atoms with Crippen LogP contribution in [0.3, 0.4) is 0 Å². The molecule has 0 saturated carbocycles. The Bertz CT molecular complexity index is 3260. The Balaban J connectivity index is 0.000000278. The number of phenols is 1. The number of fused-ring (bicyclic) bond motifs is 1. The van der Waals surface area contributed by atoms with Gasteiger partial charge in [-0.2, -0.15) is 28.9 Å². The van der Waals surface area contributed by atoms with Crippen LogP contribution in [-0.4, -0.2) is 77.9 Å². The number of rotatable bonds is 22. The Kier molecular flexibility index (Phi) is 20.3. The van der Waals surface area contributed by atoms with Gasteiger partial charge in [-0.25, -0.2) is 27.4 Å². The van der Waals surface area contributed by atoms with E-state index in [1.165, 1.54) is 37.4 Å². The third-order valence-corrected chi connectivity index (χ3v) is 14.8. The van der Waals surface area contributed by atoms with E-state index in [0.29, 0.717) is 34.8 Å². The Labute approximate surface area is 421 Å². The first kappa shape index (κ1) is 56.5. The van der Waals surface area contributed by atoms with Crippen molar-refractivity contribution in [1.82, 2.24) is 0 Å². The smallest absolute Gasteiger partial charge is 0.296 e. The summed E-state index contributed by atoms with van der Waals surface area (Å²) in [6, 6.07) is 26.5. The van der Waals surface area contributed by atoms with E-state index in [1.54, 1.807) is 48.5 Å². The summed E-state index contributed by atoms with van der Waals surface area (Å²) < 4.78 is 99.1. The Hall–Kier alpha value is -6.39. The number of hydrogen-bond acceptors (Lipinski definition) is 25. The van der Waals surface area contributed by atoms with E-state index < -0.39 is 52.1 Å². The number of nitrogen functional groups attached to an aromatic ring is 2. The lowest BCUT2D eigenvalue weighted by atomic mass is 10.0. The largest absolute Gasteiger partial charge is 0.505 e. The molecule has 384 valence electrons. The number of anilines is 4. The lowest BCUT2D eigenvalue weighted by molar-refractivity contribution is -0.434. The average Bonchev–Trinajstić information content (AvgIpc) is 3.34. The van der Waals surface area contributed by atoms with Crippen molar-refractivity contribution in [3.8, 4) is 5.75 Å². The lowest BCUT2D eigenvalue weighted by Gasteiger charge is -2.21. The molecule has 25 nitrogen and oxygen atoms in total. The maximum absolute atomic E-state index is 12.5. The number of nitrogens with two attached hydrogens (primary N) is 2. The zero-order valence-electron chi connectivity index (χ0n) is 38.2. The molecule has 0 saturated heterocycles. The number of aromatic hydroxyl groups is 1. The standard InChI is InChI=1S/C23H27N5O2S.C19H19N5O13S4/c1-4-28(5-2)20-12-15-23(22(24)16-20)26-25-18-8-10-19(11-9-18)27-31(29,30)21-13-6-17(3)7-14-21;1-21-24-18-15(41(30,31)32)8-12-14(38-36-34-26)9-13(17(20)16(12)19(18)25)23-22-10-2-4-11(5-3-10)40(28,29)7-6-33-39-37-35-27/h6-16,27H,4-5,24H2,1-3H3;2-5,8-9,25-27H,6-7,20H2,1H3,(H,30,31,32). The number of benzene rings is 6. The Morgan fingerprint density at radius 1 is 0.722 bits per heavy atom.